The largest absolute Gasteiger partial charge is 0.395 e. The molecule has 1 rings (SSSR count). The van der Waals surface area contributed by atoms with Crippen LogP contribution in [0.5, 0.6) is 0 Å². The molecule has 0 radical (unpaired) electrons. The molecule has 0 aromatic heterocycles. The maximum Gasteiger partial charge on any atom is 0.222 e. The summed E-state index contributed by atoms with van der Waals surface area (Å²) in [5, 5.41) is 9.21. The Hall–Kier alpha value is -0.650. The molecule has 0 bridgehead atoms. The van der Waals surface area contributed by atoms with Gasteiger partial charge in [-0.25, -0.2) is 0 Å². The van der Waals surface area contributed by atoms with Gasteiger partial charge in [-0.3, -0.25) is 4.79 Å². The van der Waals surface area contributed by atoms with E-state index >= 15 is 0 Å². The van der Waals surface area contributed by atoms with Crippen molar-refractivity contribution < 1.29 is 9.90 Å². The third kappa shape index (κ3) is 5.77. The van der Waals surface area contributed by atoms with E-state index in [1.807, 2.05) is 4.90 Å². The Morgan fingerprint density at radius 2 is 2.05 bits per heavy atom. The standard InChI is InChI=1S/C15H31N3O2/c1-13(5-8-16)3-4-15(20)18(11-12-19)14-6-9-17(2)10-7-14/h13-14,19H,3-12,16H2,1-2H3. The second kappa shape index (κ2) is 9.32. The zero-order valence-electron chi connectivity index (χ0n) is 13.1. The number of aliphatic hydroxyl groups is 1. The van der Waals surface area contributed by atoms with Crippen molar-refractivity contribution in [2.24, 2.45) is 11.7 Å². The lowest BCUT2D eigenvalue weighted by Crippen LogP contribution is -2.47. The Kier molecular flexibility index (Phi) is 8.11. The first-order valence-corrected chi connectivity index (χ1v) is 7.87. The van der Waals surface area contributed by atoms with Crippen molar-refractivity contribution in [2.45, 2.75) is 45.1 Å². The molecule has 1 amide bonds. The summed E-state index contributed by atoms with van der Waals surface area (Å²) < 4.78 is 0. The molecule has 1 heterocycles. The van der Waals surface area contributed by atoms with Gasteiger partial charge in [-0.1, -0.05) is 6.92 Å². The van der Waals surface area contributed by atoms with E-state index in [0.717, 1.165) is 38.8 Å². The van der Waals surface area contributed by atoms with Gasteiger partial charge in [0.25, 0.3) is 0 Å². The van der Waals surface area contributed by atoms with Crippen LogP contribution < -0.4 is 5.73 Å². The molecule has 0 aromatic rings. The Morgan fingerprint density at radius 1 is 1.40 bits per heavy atom. The highest BCUT2D eigenvalue weighted by Gasteiger charge is 2.26. The zero-order chi connectivity index (χ0) is 15.0. The maximum absolute atomic E-state index is 12.4. The van der Waals surface area contributed by atoms with E-state index in [9.17, 15) is 9.90 Å². The van der Waals surface area contributed by atoms with Crippen molar-refractivity contribution in [1.29, 1.82) is 0 Å². The number of carbonyl (C=O) groups is 1. The van der Waals surface area contributed by atoms with E-state index in [1.54, 1.807) is 0 Å². The molecule has 0 spiro atoms. The van der Waals surface area contributed by atoms with E-state index < -0.39 is 0 Å². The van der Waals surface area contributed by atoms with Gasteiger partial charge in [-0.15, -0.1) is 0 Å². The zero-order valence-corrected chi connectivity index (χ0v) is 13.1. The van der Waals surface area contributed by atoms with Crippen molar-refractivity contribution in [3.05, 3.63) is 0 Å². The van der Waals surface area contributed by atoms with E-state index in [0.29, 0.717) is 31.5 Å². The average Bonchev–Trinajstić information content (AvgIpc) is 2.44. The van der Waals surface area contributed by atoms with E-state index in [2.05, 4.69) is 18.9 Å². The van der Waals surface area contributed by atoms with Gasteiger partial charge in [0.15, 0.2) is 0 Å². The van der Waals surface area contributed by atoms with Gasteiger partial charge >= 0.3 is 0 Å². The fourth-order valence-electron chi connectivity index (χ4n) is 2.87. The quantitative estimate of drug-likeness (QED) is 0.687. The summed E-state index contributed by atoms with van der Waals surface area (Å²) in [4.78, 5) is 16.6. The van der Waals surface area contributed by atoms with E-state index in [1.165, 1.54) is 0 Å². The topological polar surface area (TPSA) is 69.8 Å². The average molecular weight is 285 g/mol. The Morgan fingerprint density at radius 3 is 2.60 bits per heavy atom. The first kappa shape index (κ1) is 17.4. The summed E-state index contributed by atoms with van der Waals surface area (Å²) in [5.41, 5.74) is 5.54. The van der Waals surface area contributed by atoms with Crippen molar-refractivity contribution in [2.75, 3.05) is 39.8 Å². The highest BCUT2D eigenvalue weighted by molar-refractivity contribution is 5.76. The lowest BCUT2D eigenvalue weighted by Gasteiger charge is -2.37. The number of hydrogen-bond acceptors (Lipinski definition) is 4. The normalized spacial score (nSPS) is 19.0. The van der Waals surface area contributed by atoms with Gasteiger partial charge in [0, 0.05) is 19.0 Å². The highest BCUT2D eigenvalue weighted by Crippen LogP contribution is 2.18. The number of rotatable bonds is 8. The minimum atomic E-state index is 0.0520. The lowest BCUT2D eigenvalue weighted by molar-refractivity contribution is -0.135. The number of nitrogens with two attached hydrogens (primary N) is 1. The van der Waals surface area contributed by atoms with Gasteiger partial charge in [-0.2, -0.15) is 0 Å². The van der Waals surface area contributed by atoms with Gasteiger partial charge in [0.05, 0.1) is 6.61 Å². The molecule has 20 heavy (non-hydrogen) atoms. The van der Waals surface area contributed by atoms with Crippen LogP contribution in [-0.4, -0.2) is 66.7 Å². The molecule has 118 valence electrons. The fraction of sp³-hybridized carbons (Fsp3) is 0.933. The molecular formula is C15H31N3O2. The number of aliphatic hydroxyl groups excluding tert-OH is 1. The Balaban J connectivity index is 2.45. The molecule has 0 aliphatic carbocycles. The van der Waals surface area contributed by atoms with Gasteiger partial charge in [0.1, 0.15) is 0 Å². The van der Waals surface area contributed by atoms with Crippen molar-refractivity contribution >= 4 is 5.91 Å². The van der Waals surface area contributed by atoms with Crippen molar-refractivity contribution in [3.63, 3.8) is 0 Å². The molecule has 1 atom stereocenters. The number of likely N-dealkylation sites (tertiary alicyclic amines) is 1. The lowest BCUT2D eigenvalue weighted by atomic mass is 9.99. The monoisotopic (exact) mass is 285 g/mol. The predicted molar refractivity (Wildman–Crippen MR) is 81.4 cm³/mol. The van der Waals surface area contributed by atoms with Gasteiger partial charge < -0.3 is 20.6 Å². The summed E-state index contributed by atoms with van der Waals surface area (Å²) in [7, 11) is 2.11. The second-order valence-electron chi connectivity index (χ2n) is 6.07. The SMILES string of the molecule is CC(CCN)CCC(=O)N(CCO)C1CCN(C)CC1. The summed E-state index contributed by atoms with van der Waals surface area (Å²) in [6, 6.07) is 0.302. The van der Waals surface area contributed by atoms with Crippen LogP contribution in [0.3, 0.4) is 0 Å². The van der Waals surface area contributed by atoms with Crippen LogP contribution in [-0.2, 0) is 4.79 Å². The molecule has 1 unspecified atom stereocenters. The number of nitrogens with zero attached hydrogens (tertiary/aromatic N) is 2. The first-order valence-electron chi connectivity index (χ1n) is 7.87. The predicted octanol–water partition coefficient (Wildman–Crippen LogP) is 0.667. The second-order valence-corrected chi connectivity index (χ2v) is 6.07. The number of carbonyl (C=O) groups excluding carboxylic acids is 1. The molecule has 1 saturated heterocycles. The number of piperidine rings is 1. The van der Waals surface area contributed by atoms with Crippen LogP contribution in [0.25, 0.3) is 0 Å². The summed E-state index contributed by atoms with van der Waals surface area (Å²) >= 11 is 0. The third-order valence-corrected chi connectivity index (χ3v) is 4.30. The fourth-order valence-corrected chi connectivity index (χ4v) is 2.87. The van der Waals surface area contributed by atoms with E-state index in [4.69, 9.17) is 5.73 Å². The van der Waals surface area contributed by atoms with E-state index in [-0.39, 0.29) is 12.5 Å². The third-order valence-electron chi connectivity index (χ3n) is 4.30. The molecular weight excluding hydrogens is 254 g/mol. The van der Waals surface area contributed by atoms with Crippen molar-refractivity contribution in [1.82, 2.24) is 9.80 Å². The molecule has 1 aliphatic rings. The van der Waals surface area contributed by atoms with Crippen LogP contribution >= 0.6 is 0 Å². The smallest absolute Gasteiger partial charge is 0.222 e. The molecule has 1 fully saturated rings. The van der Waals surface area contributed by atoms with Crippen LogP contribution in [0.4, 0.5) is 0 Å². The first-order chi connectivity index (χ1) is 9.58. The molecule has 0 saturated carbocycles. The van der Waals surface area contributed by atoms with Gasteiger partial charge in [-0.05, 0) is 58.3 Å². The Bertz CT molecular complexity index is 278. The van der Waals surface area contributed by atoms with Crippen LogP contribution in [0.1, 0.15) is 39.0 Å². The highest BCUT2D eigenvalue weighted by atomic mass is 16.3. The van der Waals surface area contributed by atoms with Crippen molar-refractivity contribution in [3.8, 4) is 0 Å². The molecule has 0 aromatic carbocycles. The minimum Gasteiger partial charge on any atom is -0.395 e. The maximum atomic E-state index is 12.4. The molecule has 5 nitrogen and oxygen atoms in total. The minimum absolute atomic E-state index is 0.0520. The summed E-state index contributed by atoms with van der Waals surface area (Å²) in [6.45, 7) is 5.42. The number of amides is 1. The summed E-state index contributed by atoms with van der Waals surface area (Å²) in [5.74, 6) is 0.690. The van der Waals surface area contributed by atoms with Crippen LogP contribution in [0, 0.1) is 5.92 Å². The number of hydrogen-bond donors (Lipinski definition) is 2. The molecule has 5 heteroatoms. The summed E-state index contributed by atoms with van der Waals surface area (Å²) in [6.07, 6.45) is 4.47. The molecule has 3 N–H and O–H groups in total. The van der Waals surface area contributed by atoms with Crippen LogP contribution in [0.15, 0.2) is 0 Å². The van der Waals surface area contributed by atoms with Crippen LogP contribution in [0.2, 0.25) is 0 Å². The Labute approximate surface area is 123 Å². The molecule has 1 aliphatic heterocycles. The van der Waals surface area contributed by atoms with Gasteiger partial charge in [0.2, 0.25) is 5.91 Å².